The van der Waals surface area contributed by atoms with Gasteiger partial charge in [-0.3, -0.25) is 0 Å². The van der Waals surface area contributed by atoms with Gasteiger partial charge >= 0.3 is 7.12 Å². The second kappa shape index (κ2) is 3.70. The Morgan fingerprint density at radius 2 is 2.00 bits per heavy atom. The molecule has 0 aromatic rings. The molecule has 2 N–H and O–H groups in total. The zero-order valence-corrected chi connectivity index (χ0v) is 6.84. The molecular formula is C7H13BF2O2. The molecule has 0 bridgehead atoms. The Morgan fingerprint density at radius 1 is 1.33 bits per heavy atom. The van der Waals surface area contributed by atoms with Crippen molar-refractivity contribution in [3.8, 4) is 0 Å². The first-order valence-corrected chi connectivity index (χ1v) is 4.26. The van der Waals surface area contributed by atoms with E-state index in [1.54, 1.807) is 0 Å². The van der Waals surface area contributed by atoms with E-state index in [-0.39, 0.29) is 12.7 Å². The van der Waals surface area contributed by atoms with Gasteiger partial charge in [0.25, 0.3) is 0 Å². The minimum absolute atomic E-state index is 0.107. The van der Waals surface area contributed by atoms with E-state index in [2.05, 4.69) is 0 Å². The summed E-state index contributed by atoms with van der Waals surface area (Å²) in [6, 6.07) is 0. The molecule has 2 nitrogen and oxygen atoms in total. The first-order valence-electron chi connectivity index (χ1n) is 4.26. The highest BCUT2D eigenvalue weighted by Gasteiger charge is 2.42. The van der Waals surface area contributed by atoms with Crippen LogP contribution in [0.25, 0.3) is 0 Å². The quantitative estimate of drug-likeness (QED) is 0.625. The minimum Gasteiger partial charge on any atom is -0.427 e. The smallest absolute Gasteiger partial charge is 0.427 e. The van der Waals surface area contributed by atoms with E-state index >= 15 is 0 Å². The minimum atomic E-state index is -2.69. The Kier molecular flexibility index (Phi) is 3.07. The number of rotatable bonds is 2. The lowest BCUT2D eigenvalue weighted by molar-refractivity contribution is -0.0799. The van der Waals surface area contributed by atoms with E-state index in [4.69, 9.17) is 10.0 Å². The molecule has 1 aliphatic carbocycles. The van der Waals surface area contributed by atoms with Crippen molar-refractivity contribution in [3.05, 3.63) is 0 Å². The Bertz CT molecular complexity index is 152. The fourth-order valence-corrected chi connectivity index (χ4v) is 1.71. The van der Waals surface area contributed by atoms with Crippen LogP contribution in [0.2, 0.25) is 6.32 Å². The van der Waals surface area contributed by atoms with Crippen LogP contribution in [0.3, 0.4) is 0 Å². The molecule has 0 radical (unpaired) electrons. The molecule has 70 valence electrons. The molecule has 0 aromatic carbocycles. The lowest BCUT2D eigenvalue weighted by Gasteiger charge is -2.30. The van der Waals surface area contributed by atoms with Crippen molar-refractivity contribution in [1.29, 1.82) is 0 Å². The van der Waals surface area contributed by atoms with Gasteiger partial charge in [0.05, 0.1) is 0 Å². The standard InChI is InChI=1S/C7H13BF2O2/c9-7(10)4-2-1-3-6(7)5-8(11)12/h6,11-12H,1-5H2. The summed E-state index contributed by atoms with van der Waals surface area (Å²) < 4.78 is 26.0. The van der Waals surface area contributed by atoms with Gasteiger partial charge in [-0.1, -0.05) is 6.42 Å². The van der Waals surface area contributed by atoms with Crippen molar-refractivity contribution in [1.82, 2.24) is 0 Å². The van der Waals surface area contributed by atoms with Gasteiger partial charge in [-0.25, -0.2) is 8.78 Å². The summed E-state index contributed by atoms with van der Waals surface area (Å²) in [5.74, 6) is -3.53. The van der Waals surface area contributed by atoms with Crippen LogP contribution in [0.4, 0.5) is 8.78 Å². The molecular weight excluding hydrogens is 165 g/mol. The van der Waals surface area contributed by atoms with E-state index < -0.39 is 19.0 Å². The SMILES string of the molecule is OB(O)CC1CCCCC1(F)F. The van der Waals surface area contributed by atoms with Gasteiger partial charge in [0.2, 0.25) is 5.92 Å². The van der Waals surface area contributed by atoms with Crippen molar-refractivity contribution in [2.24, 2.45) is 5.92 Å². The van der Waals surface area contributed by atoms with Crippen molar-refractivity contribution < 1.29 is 18.8 Å². The molecule has 5 heteroatoms. The topological polar surface area (TPSA) is 40.5 Å². The van der Waals surface area contributed by atoms with E-state index in [0.29, 0.717) is 12.8 Å². The van der Waals surface area contributed by atoms with Crippen LogP contribution < -0.4 is 0 Å². The zero-order valence-electron chi connectivity index (χ0n) is 6.84. The Morgan fingerprint density at radius 3 is 2.50 bits per heavy atom. The first-order chi connectivity index (χ1) is 5.52. The molecule has 0 aromatic heterocycles. The van der Waals surface area contributed by atoms with Crippen LogP contribution in [0.1, 0.15) is 25.7 Å². The van der Waals surface area contributed by atoms with Crippen LogP contribution in [0, 0.1) is 5.92 Å². The van der Waals surface area contributed by atoms with Gasteiger partial charge in [-0.15, -0.1) is 0 Å². The van der Waals surface area contributed by atoms with Crippen LogP contribution >= 0.6 is 0 Å². The summed E-state index contributed by atoms with van der Waals surface area (Å²) in [4.78, 5) is 0. The Balaban J connectivity index is 2.48. The van der Waals surface area contributed by atoms with Crippen molar-refractivity contribution in [2.75, 3.05) is 0 Å². The molecule has 1 fully saturated rings. The molecule has 0 amide bonds. The van der Waals surface area contributed by atoms with Gasteiger partial charge in [0, 0.05) is 12.3 Å². The third-order valence-electron chi connectivity index (χ3n) is 2.41. The van der Waals surface area contributed by atoms with Crippen molar-refractivity contribution in [2.45, 2.75) is 37.9 Å². The third-order valence-corrected chi connectivity index (χ3v) is 2.41. The maximum Gasteiger partial charge on any atom is 0.451 e. The molecule has 1 atom stereocenters. The average molecular weight is 178 g/mol. The Labute approximate surface area is 70.7 Å². The average Bonchev–Trinajstić information content (AvgIpc) is 1.92. The summed E-state index contributed by atoms with van der Waals surface area (Å²) in [5.41, 5.74) is 0. The van der Waals surface area contributed by atoms with Gasteiger partial charge < -0.3 is 10.0 Å². The maximum absolute atomic E-state index is 13.0. The molecule has 0 saturated heterocycles. The van der Waals surface area contributed by atoms with Gasteiger partial charge in [0.1, 0.15) is 0 Å². The summed E-state index contributed by atoms with van der Waals surface area (Å²) in [6.45, 7) is 0. The Hall–Kier alpha value is -0.155. The van der Waals surface area contributed by atoms with E-state index in [1.165, 1.54) is 0 Å². The summed E-state index contributed by atoms with van der Waals surface area (Å²) in [5, 5.41) is 17.1. The van der Waals surface area contributed by atoms with Crippen LogP contribution in [0.15, 0.2) is 0 Å². The molecule has 1 rings (SSSR count). The third kappa shape index (κ3) is 2.42. The van der Waals surface area contributed by atoms with Crippen molar-refractivity contribution >= 4 is 7.12 Å². The van der Waals surface area contributed by atoms with E-state index in [9.17, 15) is 8.78 Å². The molecule has 1 unspecified atom stereocenters. The predicted octanol–water partition coefficient (Wildman–Crippen LogP) is 1.28. The fraction of sp³-hybridized carbons (Fsp3) is 1.00. The zero-order chi connectivity index (χ0) is 9.19. The number of hydrogen-bond acceptors (Lipinski definition) is 2. The van der Waals surface area contributed by atoms with Gasteiger partial charge in [0.15, 0.2) is 0 Å². The van der Waals surface area contributed by atoms with Gasteiger partial charge in [-0.2, -0.15) is 0 Å². The maximum atomic E-state index is 13.0. The first kappa shape index (κ1) is 9.93. The molecule has 0 aliphatic heterocycles. The second-order valence-electron chi connectivity index (χ2n) is 3.42. The highest BCUT2D eigenvalue weighted by Crippen LogP contribution is 2.40. The summed E-state index contributed by atoms with van der Waals surface area (Å²) >= 11 is 0. The normalized spacial score (nSPS) is 28.5. The predicted molar refractivity (Wildman–Crippen MR) is 41.9 cm³/mol. The van der Waals surface area contributed by atoms with E-state index in [0.717, 1.165) is 6.42 Å². The number of hydrogen-bond donors (Lipinski definition) is 2. The highest BCUT2D eigenvalue weighted by atomic mass is 19.3. The molecule has 0 heterocycles. The van der Waals surface area contributed by atoms with E-state index in [1.807, 2.05) is 0 Å². The summed E-state index contributed by atoms with van der Waals surface area (Å²) in [6.07, 6.45) is 1.42. The van der Waals surface area contributed by atoms with Crippen LogP contribution in [-0.4, -0.2) is 23.1 Å². The summed E-state index contributed by atoms with van der Waals surface area (Å²) in [7, 11) is -1.60. The highest BCUT2D eigenvalue weighted by molar-refractivity contribution is 6.41. The lowest BCUT2D eigenvalue weighted by Crippen LogP contribution is -2.34. The molecule has 1 aliphatic rings. The number of alkyl halides is 2. The monoisotopic (exact) mass is 178 g/mol. The molecule has 0 spiro atoms. The molecule has 1 saturated carbocycles. The van der Waals surface area contributed by atoms with Crippen LogP contribution in [-0.2, 0) is 0 Å². The van der Waals surface area contributed by atoms with Crippen LogP contribution in [0.5, 0.6) is 0 Å². The number of halogens is 2. The second-order valence-corrected chi connectivity index (χ2v) is 3.42. The van der Waals surface area contributed by atoms with Crippen molar-refractivity contribution in [3.63, 3.8) is 0 Å². The lowest BCUT2D eigenvalue weighted by atomic mass is 9.71. The fourth-order valence-electron chi connectivity index (χ4n) is 1.71. The van der Waals surface area contributed by atoms with Gasteiger partial charge in [-0.05, 0) is 19.2 Å². The molecule has 12 heavy (non-hydrogen) atoms. The largest absolute Gasteiger partial charge is 0.451 e.